The van der Waals surface area contributed by atoms with Crippen LogP contribution in [0.4, 0.5) is 11.4 Å². The molecule has 4 aromatic heterocycles. The number of pyridine rings is 1. The zero-order valence-electron chi connectivity index (χ0n) is 20.6. The van der Waals surface area contributed by atoms with E-state index >= 15 is 0 Å². The maximum Gasteiger partial charge on any atom is 0.259 e. The van der Waals surface area contributed by atoms with E-state index in [1.165, 1.54) is 19.0 Å². The fourth-order valence-corrected chi connectivity index (χ4v) is 4.55. The molecule has 0 unspecified atom stereocenters. The SMILES string of the molecule is Cc1ncc(NC(=O)CNC2CCCC2)cc1NC(=O)c1cnn2cc(-c3cnn(C)c3)nc(C)c12. The number of anilines is 2. The van der Waals surface area contributed by atoms with E-state index in [4.69, 9.17) is 0 Å². The number of fused-ring (bicyclic) bond motifs is 1. The van der Waals surface area contributed by atoms with Gasteiger partial charge in [0, 0.05) is 24.8 Å². The third-order valence-corrected chi connectivity index (χ3v) is 6.44. The number of nitrogens with one attached hydrogen (secondary N) is 3. The lowest BCUT2D eigenvalue weighted by Crippen LogP contribution is -2.34. The molecule has 3 N–H and O–H groups in total. The molecule has 0 saturated heterocycles. The number of nitrogens with zero attached hydrogens (tertiary/aromatic N) is 6. The maximum atomic E-state index is 13.2. The van der Waals surface area contributed by atoms with E-state index in [9.17, 15) is 9.59 Å². The molecule has 2 amide bonds. The van der Waals surface area contributed by atoms with E-state index in [1.807, 2.05) is 20.2 Å². The molecular formula is C25H29N9O2. The summed E-state index contributed by atoms with van der Waals surface area (Å²) in [7, 11) is 1.84. The summed E-state index contributed by atoms with van der Waals surface area (Å²) in [5.74, 6) is -0.473. The molecule has 0 atom stereocenters. The van der Waals surface area contributed by atoms with Crippen molar-refractivity contribution in [2.45, 2.75) is 45.6 Å². The highest BCUT2D eigenvalue weighted by molar-refractivity contribution is 6.09. The summed E-state index contributed by atoms with van der Waals surface area (Å²) in [4.78, 5) is 34.6. The average molecular weight is 488 g/mol. The fourth-order valence-electron chi connectivity index (χ4n) is 4.55. The molecule has 0 spiro atoms. The smallest absolute Gasteiger partial charge is 0.259 e. The molecule has 1 fully saturated rings. The van der Waals surface area contributed by atoms with Crippen molar-refractivity contribution < 1.29 is 9.59 Å². The normalized spacial score (nSPS) is 13.9. The van der Waals surface area contributed by atoms with Gasteiger partial charge in [0.05, 0.1) is 65.4 Å². The van der Waals surface area contributed by atoms with Crippen molar-refractivity contribution in [2.75, 3.05) is 17.2 Å². The number of carbonyl (C=O) groups excluding carboxylic acids is 2. The van der Waals surface area contributed by atoms with Crippen LogP contribution in [0.25, 0.3) is 16.8 Å². The van der Waals surface area contributed by atoms with E-state index in [0.29, 0.717) is 45.6 Å². The summed E-state index contributed by atoms with van der Waals surface area (Å²) in [6, 6.07) is 2.12. The number of carbonyl (C=O) groups is 2. The van der Waals surface area contributed by atoms with Gasteiger partial charge < -0.3 is 16.0 Å². The minimum Gasteiger partial charge on any atom is -0.324 e. The van der Waals surface area contributed by atoms with Crippen molar-refractivity contribution in [2.24, 2.45) is 7.05 Å². The van der Waals surface area contributed by atoms with Crippen LogP contribution in [-0.2, 0) is 11.8 Å². The first-order chi connectivity index (χ1) is 17.4. The molecule has 0 bridgehead atoms. The van der Waals surface area contributed by atoms with Crippen molar-refractivity contribution in [1.29, 1.82) is 0 Å². The Kier molecular flexibility index (Phi) is 6.47. The van der Waals surface area contributed by atoms with Crippen LogP contribution in [0.15, 0.2) is 37.1 Å². The molecule has 11 heteroatoms. The van der Waals surface area contributed by atoms with E-state index in [2.05, 4.69) is 36.1 Å². The highest BCUT2D eigenvalue weighted by Crippen LogP contribution is 2.23. The Balaban J connectivity index is 1.31. The highest BCUT2D eigenvalue weighted by atomic mass is 16.2. The Morgan fingerprint density at radius 2 is 1.83 bits per heavy atom. The van der Waals surface area contributed by atoms with Gasteiger partial charge in [0.25, 0.3) is 5.91 Å². The summed E-state index contributed by atoms with van der Waals surface area (Å²) in [6.45, 7) is 3.89. The van der Waals surface area contributed by atoms with Crippen molar-refractivity contribution in [3.8, 4) is 11.3 Å². The lowest BCUT2D eigenvalue weighted by Gasteiger charge is -2.13. The summed E-state index contributed by atoms with van der Waals surface area (Å²) in [5.41, 5.74) is 4.93. The minimum atomic E-state index is -0.333. The second-order valence-electron chi connectivity index (χ2n) is 9.19. The molecule has 36 heavy (non-hydrogen) atoms. The Morgan fingerprint density at radius 1 is 1.03 bits per heavy atom. The molecule has 0 aliphatic heterocycles. The number of amides is 2. The van der Waals surface area contributed by atoms with Gasteiger partial charge in [-0.2, -0.15) is 10.2 Å². The van der Waals surface area contributed by atoms with Gasteiger partial charge in [-0.15, -0.1) is 0 Å². The van der Waals surface area contributed by atoms with Crippen LogP contribution in [0.2, 0.25) is 0 Å². The van der Waals surface area contributed by atoms with Gasteiger partial charge in [0.15, 0.2) is 0 Å². The Morgan fingerprint density at radius 3 is 2.58 bits per heavy atom. The molecule has 0 radical (unpaired) electrons. The predicted octanol–water partition coefficient (Wildman–Crippen LogP) is 2.86. The second-order valence-corrected chi connectivity index (χ2v) is 9.19. The predicted molar refractivity (Wildman–Crippen MR) is 136 cm³/mol. The number of rotatable bonds is 7. The van der Waals surface area contributed by atoms with Gasteiger partial charge in [0.2, 0.25) is 5.91 Å². The molecular weight excluding hydrogens is 458 g/mol. The quantitative estimate of drug-likeness (QED) is 0.365. The van der Waals surface area contributed by atoms with Crippen LogP contribution < -0.4 is 16.0 Å². The van der Waals surface area contributed by atoms with E-state index < -0.39 is 0 Å². The third-order valence-electron chi connectivity index (χ3n) is 6.44. The van der Waals surface area contributed by atoms with E-state index in [0.717, 1.165) is 18.4 Å². The van der Waals surface area contributed by atoms with Gasteiger partial charge in [-0.05, 0) is 32.8 Å². The monoisotopic (exact) mass is 487 g/mol. The highest BCUT2D eigenvalue weighted by Gasteiger charge is 2.19. The molecule has 4 aromatic rings. The van der Waals surface area contributed by atoms with Crippen LogP contribution >= 0.6 is 0 Å². The largest absolute Gasteiger partial charge is 0.324 e. The number of aryl methyl sites for hydroxylation is 3. The Labute approximate surface area is 208 Å². The fraction of sp³-hybridized carbons (Fsp3) is 0.360. The van der Waals surface area contributed by atoms with Gasteiger partial charge in [-0.3, -0.25) is 19.3 Å². The Bertz CT molecular complexity index is 1430. The first-order valence-corrected chi connectivity index (χ1v) is 12.0. The lowest BCUT2D eigenvalue weighted by atomic mass is 10.2. The second kappa shape index (κ2) is 9.86. The van der Waals surface area contributed by atoms with Crippen molar-refractivity contribution >= 4 is 28.7 Å². The molecule has 186 valence electrons. The van der Waals surface area contributed by atoms with Gasteiger partial charge >= 0.3 is 0 Å². The zero-order chi connectivity index (χ0) is 25.2. The first-order valence-electron chi connectivity index (χ1n) is 12.0. The zero-order valence-corrected chi connectivity index (χ0v) is 20.6. The molecule has 4 heterocycles. The minimum absolute atomic E-state index is 0.140. The summed E-state index contributed by atoms with van der Waals surface area (Å²) >= 11 is 0. The molecule has 1 aliphatic carbocycles. The van der Waals surface area contributed by atoms with Gasteiger partial charge in [-0.25, -0.2) is 9.50 Å². The summed E-state index contributed by atoms with van der Waals surface area (Å²) in [5, 5.41) is 17.6. The van der Waals surface area contributed by atoms with E-state index in [-0.39, 0.29) is 18.4 Å². The van der Waals surface area contributed by atoms with Crippen molar-refractivity contribution in [1.82, 2.24) is 34.7 Å². The molecule has 5 rings (SSSR count). The third kappa shape index (κ3) is 4.96. The summed E-state index contributed by atoms with van der Waals surface area (Å²) < 4.78 is 3.36. The van der Waals surface area contributed by atoms with E-state index in [1.54, 1.807) is 40.8 Å². The first kappa shape index (κ1) is 23.6. The number of hydrogen-bond acceptors (Lipinski definition) is 7. The van der Waals surface area contributed by atoms with Crippen LogP contribution in [0.5, 0.6) is 0 Å². The molecule has 1 aliphatic rings. The molecule has 1 saturated carbocycles. The van der Waals surface area contributed by atoms with Crippen LogP contribution in [0.3, 0.4) is 0 Å². The van der Waals surface area contributed by atoms with Gasteiger partial charge in [-0.1, -0.05) is 12.8 Å². The summed E-state index contributed by atoms with van der Waals surface area (Å²) in [6.07, 6.45) is 13.1. The topological polar surface area (TPSA) is 131 Å². The molecule has 11 nitrogen and oxygen atoms in total. The molecule has 0 aromatic carbocycles. The van der Waals surface area contributed by atoms with Gasteiger partial charge in [0.1, 0.15) is 5.52 Å². The average Bonchev–Trinajstić information content (AvgIpc) is 3.61. The van der Waals surface area contributed by atoms with Crippen LogP contribution in [0, 0.1) is 13.8 Å². The Hall–Kier alpha value is -4.12. The number of hydrogen-bond donors (Lipinski definition) is 3. The van der Waals surface area contributed by atoms with Crippen LogP contribution in [0.1, 0.15) is 47.4 Å². The lowest BCUT2D eigenvalue weighted by molar-refractivity contribution is -0.115. The maximum absolute atomic E-state index is 13.2. The van der Waals surface area contributed by atoms with Crippen LogP contribution in [-0.4, -0.2) is 53.8 Å². The number of aromatic nitrogens is 6. The standard InChI is InChI=1S/C25H29N9O2/c1-15-21(8-19(10-26-15)31-23(35)12-27-18-6-4-5-7-18)32-25(36)20-11-29-34-14-22(30-16(2)24(20)34)17-9-28-33(3)13-17/h8-11,13-14,18,27H,4-7,12H2,1-3H3,(H,31,35)(H,32,36). The van der Waals surface area contributed by atoms with Crippen molar-refractivity contribution in [3.05, 3.63) is 54.0 Å². The van der Waals surface area contributed by atoms with Crippen molar-refractivity contribution in [3.63, 3.8) is 0 Å².